The van der Waals surface area contributed by atoms with Gasteiger partial charge >= 0.3 is 0 Å². The van der Waals surface area contributed by atoms with Crippen molar-refractivity contribution in [2.24, 2.45) is 0 Å². The first-order valence-corrected chi connectivity index (χ1v) is 15.0. The van der Waals surface area contributed by atoms with E-state index in [-0.39, 0.29) is 31.0 Å². The second kappa shape index (κ2) is 12.6. The molecule has 0 heterocycles. The highest BCUT2D eigenvalue weighted by atomic mass is 32.2. The lowest BCUT2D eigenvalue weighted by Gasteiger charge is -2.33. The van der Waals surface area contributed by atoms with E-state index in [9.17, 15) is 18.0 Å². The number of rotatable bonds is 10. The van der Waals surface area contributed by atoms with Gasteiger partial charge in [-0.15, -0.1) is 0 Å². The fourth-order valence-electron chi connectivity index (χ4n) is 4.92. The molecule has 0 aliphatic heterocycles. The summed E-state index contributed by atoms with van der Waals surface area (Å²) < 4.78 is 27.0. The van der Waals surface area contributed by atoms with Crippen LogP contribution in [0, 0.1) is 6.92 Å². The lowest BCUT2D eigenvalue weighted by molar-refractivity contribution is -0.139. The molecule has 2 aromatic rings. The van der Waals surface area contributed by atoms with Crippen molar-refractivity contribution < 1.29 is 18.0 Å². The van der Waals surface area contributed by atoms with E-state index >= 15 is 0 Å². The van der Waals surface area contributed by atoms with E-state index in [0.717, 1.165) is 48.6 Å². The van der Waals surface area contributed by atoms with Crippen LogP contribution >= 0.6 is 0 Å². The van der Waals surface area contributed by atoms with E-state index in [1.54, 1.807) is 19.1 Å². The number of aryl methyl sites for hydroxylation is 1. The van der Waals surface area contributed by atoms with Crippen LogP contribution in [0.15, 0.2) is 48.5 Å². The minimum atomic E-state index is -3.77. The van der Waals surface area contributed by atoms with Crippen molar-refractivity contribution in [3.63, 3.8) is 0 Å². The standard InChI is InChI=1S/C29H41N3O4S/c1-21(2)26-17-11-12-18-27(26)32(37(5,35)36)20-28(33)31(19-24-14-10-9-13-22(24)3)23(4)29(34)30-25-15-7-6-8-16-25/h9-14,17-18,21,23,25H,6-8,15-16,19-20H2,1-5H3,(H,30,34)/t23-/m1/s1. The summed E-state index contributed by atoms with van der Waals surface area (Å²) in [6.07, 6.45) is 6.35. The Hall–Kier alpha value is -2.87. The van der Waals surface area contributed by atoms with Crippen LogP contribution in [0.1, 0.15) is 75.5 Å². The minimum absolute atomic E-state index is 0.0684. The number of carbonyl (C=O) groups excluding carboxylic acids is 2. The highest BCUT2D eigenvalue weighted by molar-refractivity contribution is 7.92. The Morgan fingerprint density at radius 3 is 2.22 bits per heavy atom. The average Bonchev–Trinajstić information content (AvgIpc) is 2.86. The van der Waals surface area contributed by atoms with Gasteiger partial charge in [0.15, 0.2) is 0 Å². The number of carbonyl (C=O) groups is 2. The SMILES string of the molecule is Cc1ccccc1CN(C(=O)CN(c1ccccc1C(C)C)S(C)(=O)=O)[C@H](C)C(=O)NC1CCCCC1. The van der Waals surface area contributed by atoms with Crippen LogP contribution in [0.3, 0.4) is 0 Å². The Kier molecular flexibility index (Phi) is 9.76. The Morgan fingerprint density at radius 2 is 1.59 bits per heavy atom. The van der Waals surface area contributed by atoms with Crippen molar-refractivity contribution >= 4 is 27.5 Å². The summed E-state index contributed by atoms with van der Waals surface area (Å²) in [5.41, 5.74) is 3.25. The molecule has 0 bridgehead atoms. The van der Waals surface area contributed by atoms with Gasteiger partial charge in [-0.1, -0.05) is 75.6 Å². The maximum atomic E-state index is 13.8. The van der Waals surface area contributed by atoms with Crippen LogP contribution in [0.4, 0.5) is 5.69 Å². The lowest BCUT2D eigenvalue weighted by Crippen LogP contribution is -2.53. The van der Waals surface area contributed by atoms with Gasteiger partial charge < -0.3 is 10.2 Å². The van der Waals surface area contributed by atoms with Crippen LogP contribution in [-0.2, 0) is 26.2 Å². The molecule has 1 saturated carbocycles. The van der Waals surface area contributed by atoms with Crippen molar-refractivity contribution in [3.8, 4) is 0 Å². The fourth-order valence-corrected chi connectivity index (χ4v) is 5.79. The molecule has 37 heavy (non-hydrogen) atoms. The van der Waals surface area contributed by atoms with E-state index in [0.29, 0.717) is 5.69 Å². The van der Waals surface area contributed by atoms with Crippen molar-refractivity contribution in [1.29, 1.82) is 0 Å². The molecule has 0 spiro atoms. The van der Waals surface area contributed by atoms with Gasteiger partial charge in [0.1, 0.15) is 12.6 Å². The van der Waals surface area contributed by atoms with Crippen LogP contribution < -0.4 is 9.62 Å². The molecular formula is C29H41N3O4S. The third-order valence-electron chi connectivity index (χ3n) is 7.23. The molecule has 2 amide bonds. The van der Waals surface area contributed by atoms with E-state index in [2.05, 4.69) is 5.32 Å². The van der Waals surface area contributed by atoms with Crippen molar-refractivity contribution in [2.45, 2.75) is 84.3 Å². The number of anilines is 1. The first-order chi connectivity index (χ1) is 17.5. The summed E-state index contributed by atoms with van der Waals surface area (Å²) >= 11 is 0. The third kappa shape index (κ3) is 7.57. The molecule has 1 aliphatic rings. The first kappa shape index (κ1) is 28.7. The van der Waals surface area contributed by atoms with Gasteiger partial charge in [0.05, 0.1) is 11.9 Å². The molecule has 0 radical (unpaired) electrons. The summed E-state index contributed by atoms with van der Waals surface area (Å²) in [6.45, 7) is 7.50. The van der Waals surface area contributed by atoms with Crippen molar-refractivity contribution in [1.82, 2.24) is 10.2 Å². The smallest absolute Gasteiger partial charge is 0.244 e. The molecule has 7 nitrogen and oxygen atoms in total. The molecule has 3 rings (SSSR count). The molecule has 2 aromatic carbocycles. The number of nitrogens with one attached hydrogen (secondary N) is 1. The molecule has 1 N–H and O–H groups in total. The minimum Gasteiger partial charge on any atom is -0.352 e. The topological polar surface area (TPSA) is 86.8 Å². The lowest BCUT2D eigenvalue weighted by atomic mass is 9.95. The van der Waals surface area contributed by atoms with E-state index in [1.807, 2.05) is 57.2 Å². The zero-order valence-corrected chi connectivity index (χ0v) is 23.6. The maximum Gasteiger partial charge on any atom is 0.244 e. The van der Waals surface area contributed by atoms with Crippen molar-refractivity contribution in [2.75, 3.05) is 17.1 Å². The normalized spacial score (nSPS) is 15.3. The number of hydrogen-bond acceptors (Lipinski definition) is 4. The second-order valence-corrected chi connectivity index (χ2v) is 12.4. The van der Waals surface area contributed by atoms with Gasteiger partial charge in [0.25, 0.3) is 0 Å². The summed E-state index contributed by atoms with van der Waals surface area (Å²) in [7, 11) is -3.77. The summed E-state index contributed by atoms with van der Waals surface area (Å²) in [5, 5.41) is 3.13. The molecule has 1 fully saturated rings. The quantitative estimate of drug-likeness (QED) is 0.483. The second-order valence-electron chi connectivity index (χ2n) is 10.5. The Bertz CT molecular complexity index is 1190. The Balaban J connectivity index is 1.93. The van der Waals surface area contributed by atoms with Gasteiger partial charge in [-0.25, -0.2) is 8.42 Å². The largest absolute Gasteiger partial charge is 0.352 e. The summed E-state index contributed by atoms with van der Waals surface area (Å²) in [6, 6.07) is 14.3. The molecule has 1 atom stereocenters. The first-order valence-electron chi connectivity index (χ1n) is 13.2. The fraction of sp³-hybridized carbons (Fsp3) is 0.517. The number of nitrogens with zero attached hydrogens (tertiary/aromatic N) is 2. The zero-order valence-electron chi connectivity index (χ0n) is 22.7. The number of benzene rings is 2. The van der Waals surface area contributed by atoms with Crippen LogP contribution in [0.5, 0.6) is 0 Å². The van der Waals surface area contributed by atoms with Crippen LogP contribution in [0.2, 0.25) is 0 Å². The molecule has 0 saturated heterocycles. The van der Waals surface area contributed by atoms with Gasteiger partial charge in [0, 0.05) is 12.6 Å². The Labute approximate surface area is 222 Å². The van der Waals surface area contributed by atoms with Gasteiger partial charge in [0.2, 0.25) is 21.8 Å². The van der Waals surface area contributed by atoms with E-state index < -0.39 is 22.0 Å². The molecule has 0 unspecified atom stereocenters. The third-order valence-corrected chi connectivity index (χ3v) is 8.35. The highest BCUT2D eigenvalue weighted by Gasteiger charge is 2.32. The van der Waals surface area contributed by atoms with Gasteiger partial charge in [-0.3, -0.25) is 13.9 Å². The van der Waals surface area contributed by atoms with E-state index in [4.69, 9.17) is 0 Å². The van der Waals surface area contributed by atoms with Gasteiger partial charge in [-0.05, 0) is 55.4 Å². The predicted molar refractivity (Wildman–Crippen MR) is 149 cm³/mol. The van der Waals surface area contributed by atoms with Crippen molar-refractivity contribution in [3.05, 3.63) is 65.2 Å². The number of hydrogen-bond donors (Lipinski definition) is 1. The summed E-state index contributed by atoms with van der Waals surface area (Å²) in [4.78, 5) is 28.7. The number of amides is 2. The van der Waals surface area contributed by atoms with E-state index in [1.165, 1.54) is 15.6 Å². The van der Waals surface area contributed by atoms with Gasteiger partial charge in [-0.2, -0.15) is 0 Å². The zero-order chi connectivity index (χ0) is 27.2. The molecule has 8 heteroatoms. The predicted octanol–water partition coefficient (Wildman–Crippen LogP) is 4.75. The monoisotopic (exact) mass is 527 g/mol. The molecular weight excluding hydrogens is 486 g/mol. The molecule has 1 aliphatic carbocycles. The molecule has 202 valence electrons. The average molecular weight is 528 g/mol. The van der Waals surface area contributed by atoms with Crippen LogP contribution in [-0.4, -0.2) is 50.0 Å². The molecule has 0 aromatic heterocycles. The number of para-hydroxylation sites is 1. The highest BCUT2D eigenvalue weighted by Crippen LogP contribution is 2.29. The number of sulfonamides is 1. The van der Waals surface area contributed by atoms with Crippen LogP contribution in [0.25, 0.3) is 0 Å². The maximum absolute atomic E-state index is 13.8. The Morgan fingerprint density at radius 1 is 0.973 bits per heavy atom. The summed E-state index contributed by atoms with van der Waals surface area (Å²) in [5.74, 6) is -0.556.